The lowest BCUT2D eigenvalue weighted by atomic mass is 10.1. The molecule has 6 heteroatoms. The van der Waals surface area contributed by atoms with Gasteiger partial charge in [0.1, 0.15) is 5.01 Å². The third kappa shape index (κ3) is 4.28. The molecule has 18 heavy (non-hydrogen) atoms. The van der Waals surface area contributed by atoms with E-state index in [0.717, 1.165) is 24.5 Å². The Kier molecular flexibility index (Phi) is 7.96. The SMILES string of the molecule is CCOCc1cc(Br)c(Br)c(Br)c1C(Br)OCC. The number of ether oxygens (including phenoxy) is 2. The Balaban J connectivity index is 3.20. The fraction of sp³-hybridized carbons (Fsp3) is 0.500. The van der Waals surface area contributed by atoms with E-state index in [2.05, 4.69) is 63.7 Å². The average molecular weight is 510 g/mol. The third-order valence-electron chi connectivity index (χ3n) is 2.29. The van der Waals surface area contributed by atoms with Crippen LogP contribution < -0.4 is 0 Å². The van der Waals surface area contributed by atoms with Gasteiger partial charge in [0.2, 0.25) is 0 Å². The molecule has 0 aliphatic carbocycles. The van der Waals surface area contributed by atoms with E-state index in [-0.39, 0.29) is 5.01 Å². The van der Waals surface area contributed by atoms with Crippen LogP contribution in [0, 0.1) is 0 Å². The molecule has 0 bridgehead atoms. The Labute approximate surface area is 141 Å². The maximum Gasteiger partial charge on any atom is 0.138 e. The second-order valence-corrected chi connectivity index (χ2v) is 6.74. The quantitative estimate of drug-likeness (QED) is 0.349. The highest BCUT2D eigenvalue weighted by atomic mass is 79.9. The molecule has 0 spiro atoms. The van der Waals surface area contributed by atoms with Gasteiger partial charge in [-0.25, -0.2) is 0 Å². The molecule has 102 valence electrons. The molecule has 1 aromatic rings. The predicted molar refractivity (Wildman–Crippen MR) is 88.2 cm³/mol. The molecule has 0 fully saturated rings. The normalized spacial score (nSPS) is 12.8. The molecule has 0 N–H and O–H groups in total. The van der Waals surface area contributed by atoms with Crippen LogP contribution in [-0.2, 0) is 16.1 Å². The summed E-state index contributed by atoms with van der Waals surface area (Å²) in [6, 6.07) is 2.05. The lowest BCUT2D eigenvalue weighted by molar-refractivity contribution is 0.117. The van der Waals surface area contributed by atoms with Crippen LogP contribution in [0.15, 0.2) is 19.5 Å². The summed E-state index contributed by atoms with van der Waals surface area (Å²) in [7, 11) is 0. The van der Waals surface area contributed by atoms with E-state index >= 15 is 0 Å². The van der Waals surface area contributed by atoms with Crippen molar-refractivity contribution in [2.45, 2.75) is 25.5 Å². The van der Waals surface area contributed by atoms with Gasteiger partial charge in [-0.05, 0) is 73.3 Å². The molecule has 0 saturated carbocycles. The smallest absolute Gasteiger partial charge is 0.138 e. The van der Waals surface area contributed by atoms with E-state index < -0.39 is 0 Å². The number of benzene rings is 1. The van der Waals surface area contributed by atoms with Crippen molar-refractivity contribution in [3.63, 3.8) is 0 Å². The van der Waals surface area contributed by atoms with Gasteiger partial charge in [-0.15, -0.1) is 0 Å². The third-order valence-corrected chi connectivity index (χ3v) is 6.35. The summed E-state index contributed by atoms with van der Waals surface area (Å²) in [5.41, 5.74) is 2.15. The second kappa shape index (κ2) is 8.37. The monoisotopic (exact) mass is 506 g/mol. The number of alkyl halides is 1. The first-order valence-electron chi connectivity index (χ1n) is 5.52. The van der Waals surface area contributed by atoms with Crippen molar-refractivity contribution in [1.29, 1.82) is 0 Å². The molecule has 0 aliphatic heterocycles. The minimum Gasteiger partial charge on any atom is -0.377 e. The van der Waals surface area contributed by atoms with Crippen LogP contribution in [-0.4, -0.2) is 13.2 Å². The summed E-state index contributed by atoms with van der Waals surface area (Å²) < 4.78 is 14.1. The van der Waals surface area contributed by atoms with Gasteiger partial charge in [0.15, 0.2) is 0 Å². The van der Waals surface area contributed by atoms with E-state index in [1.54, 1.807) is 0 Å². The Morgan fingerprint density at radius 1 is 1.11 bits per heavy atom. The molecular formula is C12H14Br4O2. The molecule has 0 saturated heterocycles. The summed E-state index contributed by atoms with van der Waals surface area (Å²) >= 11 is 14.2. The van der Waals surface area contributed by atoms with Crippen molar-refractivity contribution in [3.8, 4) is 0 Å². The fourth-order valence-corrected chi connectivity index (χ4v) is 4.30. The number of halogens is 4. The van der Waals surface area contributed by atoms with Crippen LogP contribution in [0.25, 0.3) is 0 Å². The minimum atomic E-state index is -0.156. The molecule has 2 nitrogen and oxygen atoms in total. The molecule has 1 unspecified atom stereocenters. The van der Waals surface area contributed by atoms with Gasteiger partial charge >= 0.3 is 0 Å². The molecule has 0 aromatic heterocycles. The zero-order valence-corrected chi connectivity index (χ0v) is 16.4. The van der Waals surface area contributed by atoms with Gasteiger partial charge in [-0.3, -0.25) is 0 Å². The largest absolute Gasteiger partial charge is 0.377 e. The van der Waals surface area contributed by atoms with Crippen LogP contribution in [0.5, 0.6) is 0 Å². The maximum absolute atomic E-state index is 5.62. The van der Waals surface area contributed by atoms with Crippen LogP contribution in [0.3, 0.4) is 0 Å². The standard InChI is InChI=1S/C12H14Br4O2/c1-3-17-6-7-5-8(13)10(14)11(15)9(7)12(16)18-4-2/h5,12H,3-4,6H2,1-2H3. The van der Waals surface area contributed by atoms with Gasteiger partial charge in [0.25, 0.3) is 0 Å². The number of hydrogen-bond acceptors (Lipinski definition) is 2. The van der Waals surface area contributed by atoms with Gasteiger partial charge < -0.3 is 9.47 Å². The average Bonchev–Trinajstić information content (AvgIpc) is 2.33. The summed E-state index contributed by atoms with van der Waals surface area (Å²) in [5.74, 6) is 0. The van der Waals surface area contributed by atoms with Crippen LogP contribution in [0.1, 0.15) is 30.0 Å². The summed E-state index contributed by atoms with van der Waals surface area (Å²) in [5, 5.41) is -0.156. The molecule has 0 radical (unpaired) electrons. The van der Waals surface area contributed by atoms with E-state index in [4.69, 9.17) is 9.47 Å². The van der Waals surface area contributed by atoms with E-state index in [1.807, 2.05) is 19.9 Å². The first-order chi connectivity index (χ1) is 8.52. The summed E-state index contributed by atoms with van der Waals surface area (Å²) in [6.07, 6.45) is 0. The molecule has 0 aliphatic rings. The highest BCUT2D eigenvalue weighted by Crippen LogP contribution is 2.41. The van der Waals surface area contributed by atoms with E-state index in [9.17, 15) is 0 Å². The lowest BCUT2D eigenvalue weighted by Crippen LogP contribution is -2.05. The highest BCUT2D eigenvalue weighted by Gasteiger charge is 2.20. The topological polar surface area (TPSA) is 18.5 Å². The predicted octanol–water partition coefficient (Wildman–Crippen LogP) is 5.94. The Morgan fingerprint density at radius 3 is 2.33 bits per heavy atom. The Bertz CT molecular complexity index is 410. The highest BCUT2D eigenvalue weighted by molar-refractivity contribution is 9.14. The summed E-state index contributed by atoms with van der Waals surface area (Å²) in [4.78, 5) is 0. The van der Waals surface area contributed by atoms with Crippen LogP contribution in [0.2, 0.25) is 0 Å². The second-order valence-electron chi connectivity index (χ2n) is 3.47. The van der Waals surface area contributed by atoms with Gasteiger partial charge in [0, 0.05) is 32.2 Å². The molecule has 1 rings (SSSR count). The zero-order valence-electron chi connectivity index (χ0n) is 10.1. The first-order valence-corrected chi connectivity index (χ1v) is 8.82. The number of hydrogen-bond donors (Lipinski definition) is 0. The first kappa shape index (κ1) is 17.1. The van der Waals surface area contributed by atoms with Crippen molar-refractivity contribution in [2.24, 2.45) is 0 Å². The van der Waals surface area contributed by atoms with Crippen LogP contribution >= 0.6 is 63.7 Å². The molecule has 1 atom stereocenters. The minimum absolute atomic E-state index is 0.156. The van der Waals surface area contributed by atoms with Crippen molar-refractivity contribution in [1.82, 2.24) is 0 Å². The van der Waals surface area contributed by atoms with E-state index in [0.29, 0.717) is 19.8 Å². The Morgan fingerprint density at radius 2 is 1.78 bits per heavy atom. The maximum atomic E-state index is 5.62. The molecular weight excluding hydrogens is 496 g/mol. The fourth-order valence-electron chi connectivity index (χ4n) is 1.46. The Hall–Kier alpha value is 1.06. The van der Waals surface area contributed by atoms with Crippen molar-refractivity contribution >= 4 is 63.7 Å². The van der Waals surface area contributed by atoms with E-state index in [1.165, 1.54) is 0 Å². The molecule has 0 heterocycles. The van der Waals surface area contributed by atoms with Crippen molar-refractivity contribution in [3.05, 3.63) is 30.6 Å². The molecule has 0 amide bonds. The van der Waals surface area contributed by atoms with Gasteiger partial charge in [0.05, 0.1) is 6.61 Å². The van der Waals surface area contributed by atoms with Gasteiger partial charge in [-0.2, -0.15) is 0 Å². The summed E-state index contributed by atoms with van der Waals surface area (Å²) in [6.45, 7) is 5.84. The van der Waals surface area contributed by atoms with Crippen molar-refractivity contribution < 1.29 is 9.47 Å². The lowest BCUT2D eigenvalue weighted by Gasteiger charge is -2.19. The van der Waals surface area contributed by atoms with Crippen molar-refractivity contribution in [2.75, 3.05) is 13.2 Å². The molecule has 1 aromatic carbocycles. The van der Waals surface area contributed by atoms with Gasteiger partial charge in [-0.1, -0.05) is 15.9 Å². The number of rotatable bonds is 6. The van der Waals surface area contributed by atoms with Crippen LogP contribution in [0.4, 0.5) is 0 Å². The zero-order chi connectivity index (χ0) is 13.7.